The van der Waals surface area contributed by atoms with Gasteiger partial charge in [-0.05, 0) is 42.8 Å². The molecule has 0 spiro atoms. The number of rotatable bonds is 7. The Morgan fingerprint density at radius 3 is 2.58 bits per heavy atom. The Kier molecular flexibility index (Phi) is 7.11. The van der Waals surface area contributed by atoms with E-state index in [-0.39, 0.29) is 10.9 Å². The number of carbonyl (C=O) groups excluding carboxylic acids is 1. The first-order valence-electron chi connectivity index (χ1n) is 8.95. The predicted molar refractivity (Wildman–Crippen MR) is 111 cm³/mol. The molecule has 0 aliphatic rings. The molecule has 1 aromatic heterocycles. The highest BCUT2D eigenvalue weighted by Gasteiger charge is 2.33. The third kappa shape index (κ3) is 6.14. The van der Waals surface area contributed by atoms with Gasteiger partial charge in [0.1, 0.15) is 5.75 Å². The van der Waals surface area contributed by atoms with E-state index in [2.05, 4.69) is 15.5 Å². The van der Waals surface area contributed by atoms with Crippen LogP contribution in [0.15, 0.2) is 52.1 Å². The SMILES string of the molecule is COc1ccc(Cc2nnc(SC(C)C(=O)Nc3ccc(Cl)c(C(F)(F)F)c3)o2)cc1. The fourth-order valence-electron chi connectivity index (χ4n) is 2.54. The average molecular weight is 472 g/mol. The third-order valence-corrected chi connectivity index (χ3v) is 5.41. The first-order chi connectivity index (χ1) is 14.7. The summed E-state index contributed by atoms with van der Waals surface area (Å²) in [5.74, 6) is 0.580. The van der Waals surface area contributed by atoms with Gasteiger partial charge in [-0.1, -0.05) is 35.5 Å². The average Bonchev–Trinajstić information content (AvgIpc) is 3.15. The van der Waals surface area contributed by atoms with Crippen molar-refractivity contribution in [2.75, 3.05) is 12.4 Å². The lowest BCUT2D eigenvalue weighted by molar-refractivity contribution is -0.137. The number of halogens is 4. The third-order valence-electron chi connectivity index (χ3n) is 4.15. The molecule has 0 aliphatic heterocycles. The highest BCUT2D eigenvalue weighted by Crippen LogP contribution is 2.36. The normalized spacial score (nSPS) is 12.5. The molecule has 3 rings (SSSR count). The Labute approximate surface area is 185 Å². The van der Waals surface area contributed by atoms with E-state index in [0.717, 1.165) is 35.2 Å². The minimum absolute atomic E-state index is 0.0140. The molecular formula is C20H17ClF3N3O3S. The lowest BCUT2D eigenvalue weighted by Crippen LogP contribution is -2.22. The number of carbonyl (C=O) groups is 1. The van der Waals surface area contributed by atoms with E-state index in [1.54, 1.807) is 14.0 Å². The summed E-state index contributed by atoms with van der Waals surface area (Å²) in [5.41, 5.74) is -0.0951. The quantitative estimate of drug-likeness (QED) is 0.461. The zero-order chi connectivity index (χ0) is 22.6. The van der Waals surface area contributed by atoms with Crippen molar-refractivity contribution >= 4 is 35.0 Å². The molecule has 6 nitrogen and oxygen atoms in total. The summed E-state index contributed by atoms with van der Waals surface area (Å²) in [6.07, 6.45) is -4.22. The number of hydrogen-bond acceptors (Lipinski definition) is 6. The van der Waals surface area contributed by atoms with Gasteiger partial charge in [-0.25, -0.2) is 0 Å². The van der Waals surface area contributed by atoms with E-state index in [0.29, 0.717) is 12.3 Å². The fourth-order valence-corrected chi connectivity index (χ4v) is 3.47. The van der Waals surface area contributed by atoms with Gasteiger partial charge in [0.05, 0.1) is 29.4 Å². The smallest absolute Gasteiger partial charge is 0.417 e. The summed E-state index contributed by atoms with van der Waals surface area (Å²) in [4.78, 5) is 12.4. The van der Waals surface area contributed by atoms with Crippen LogP contribution >= 0.6 is 23.4 Å². The predicted octanol–water partition coefficient (Wildman–Crippen LogP) is 5.46. The van der Waals surface area contributed by atoms with Crippen LogP contribution in [-0.4, -0.2) is 28.5 Å². The number of nitrogens with zero attached hydrogens (tertiary/aromatic N) is 2. The molecule has 3 aromatic rings. The highest BCUT2D eigenvalue weighted by molar-refractivity contribution is 8.00. The number of aromatic nitrogens is 2. The van der Waals surface area contributed by atoms with Crippen molar-refractivity contribution in [3.8, 4) is 5.75 Å². The van der Waals surface area contributed by atoms with Crippen LogP contribution in [-0.2, 0) is 17.4 Å². The highest BCUT2D eigenvalue weighted by atomic mass is 35.5. The molecule has 1 N–H and O–H groups in total. The largest absolute Gasteiger partial charge is 0.497 e. The molecule has 0 saturated carbocycles. The zero-order valence-corrected chi connectivity index (χ0v) is 17.9. The molecule has 0 aliphatic carbocycles. The minimum atomic E-state index is -4.62. The standard InChI is InChI=1S/C20H17ClF3N3O3S/c1-11(18(28)25-13-5-8-16(21)15(10-13)20(22,23)24)31-19-27-26-17(30-19)9-12-3-6-14(29-2)7-4-12/h3-8,10-11H,9H2,1-2H3,(H,25,28). The Balaban J connectivity index is 1.60. The van der Waals surface area contributed by atoms with Crippen LogP contribution in [0.25, 0.3) is 0 Å². The Hall–Kier alpha value is -2.72. The van der Waals surface area contributed by atoms with Gasteiger partial charge in [0.2, 0.25) is 11.8 Å². The van der Waals surface area contributed by atoms with Gasteiger partial charge < -0.3 is 14.5 Å². The van der Waals surface area contributed by atoms with Gasteiger partial charge >= 0.3 is 6.18 Å². The first-order valence-corrected chi connectivity index (χ1v) is 10.2. The second-order valence-electron chi connectivity index (χ2n) is 6.43. The number of anilines is 1. The molecule has 1 atom stereocenters. The van der Waals surface area contributed by atoms with Crippen molar-refractivity contribution in [1.82, 2.24) is 10.2 Å². The molecule has 11 heteroatoms. The van der Waals surface area contributed by atoms with Crippen molar-refractivity contribution in [3.05, 3.63) is 64.5 Å². The van der Waals surface area contributed by atoms with Gasteiger partial charge in [-0.2, -0.15) is 13.2 Å². The molecule has 0 saturated heterocycles. The van der Waals surface area contributed by atoms with E-state index in [4.69, 9.17) is 20.8 Å². The maximum absolute atomic E-state index is 13.0. The van der Waals surface area contributed by atoms with Crippen LogP contribution in [0, 0.1) is 0 Å². The maximum atomic E-state index is 13.0. The Morgan fingerprint density at radius 2 is 1.94 bits per heavy atom. The lowest BCUT2D eigenvalue weighted by atomic mass is 10.1. The van der Waals surface area contributed by atoms with Gasteiger partial charge in [0.15, 0.2) is 0 Å². The van der Waals surface area contributed by atoms with Crippen LogP contribution < -0.4 is 10.1 Å². The fraction of sp³-hybridized carbons (Fsp3) is 0.250. The van der Waals surface area contributed by atoms with Crippen molar-refractivity contribution in [3.63, 3.8) is 0 Å². The summed E-state index contributed by atoms with van der Waals surface area (Å²) < 4.78 is 49.6. The number of methoxy groups -OCH3 is 1. The molecule has 1 heterocycles. The molecule has 1 amide bonds. The monoisotopic (exact) mass is 471 g/mol. The van der Waals surface area contributed by atoms with Crippen LogP contribution in [0.3, 0.4) is 0 Å². The topological polar surface area (TPSA) is 77.2 Å². The number of alkyl halides is 3. The van der Waals surface area contributed by atoms with Crippen LogP contribution in [0.1, 0.15) is 23.9 Å². The second kappa shape index (κ2) is 9.61. The molecule has 31 heavy (non-hydrogen) atoms. The summed E-state index contributed by atoms with van der Waals surface area (Å²) in [6, 6.07) is 10.5. The Morgan fingerprint density at radius 1 is 1.23 bits per heavy atom. The molecule has 0 bridgehead atoms. The number of nitrogens with one attached hydrogen (secondary N) is 1. The number of hydrogen-bond donors (Lipinski definition) is 1. The number of amides is 1. The van der Waals surface area contributed by atoms with E-state index in [1.807, 2.05) is 24.3 Å². The minimum Gasteiger partial charge on any atom is -0.497 e. The summed E-state index contributed by atoms with van der Waals surface area (Å²) in [6.45, 7) is 1.58. The number of thioether (sulfide) groups is 1. The maximum Gasteiger partial charge on any atom is 0.417 e. The molecule has 1 unspecified atom stereocenters. The van der Waals surface area contributed by atoms with Crippen LogP contribution in [0.4, 0.5) is 18.9 Å². The lowest BCUT2D eigenvalue weighted by Gasteiger charge is -2.13. The van der Waals surface area contributed by atoms with Gasteiger partial charge in [0, 0.05) is 5.69 Å². The summed E-state index contributed by atoms with van der Waals surface area (Å²) in [5, 5.41) is 9.35. The van der Waals surface area contributed by atoms with E-state index < -0.39 is 27.9 Å². The molecule has 0 radical (unpaired) electrons. The second-order valence-corrected chi connectivity index (χ2v) is 8.13. The van der Waals surface area contributed by atoms with Crippen molar-refractivity contribution in [2.45, 2.75) is 30.0 Å². The van der Waals surface area contributed by atoms with Crippen LogP contribution in [0.2, 0.25) is 5.02 Å². The molecule has 2 aromatic carbocycles. The first kappa shape index (κ1) is 23.0. The number of benzene rings is 2. The zero-order valence-electron chi connectivity index (χ0n) is 16.4. The molecule has 164 valence electrons. The van der Waals surface area contributed by atoms with Gasteiger partial charge in [-0.3, -0.25) is 4.79 Å². The van der Waals surface area contributed by atoms with E-state index >= 15 is 0 Å². The molecular weight excluding hydrogens is 455 g/mol. The summed E-state index contributed by atoms with van der Waals surface area (Å²) >= 11 is 6.59. The van der Waals surface area contributed by atoms with Gasteiger partial charge in [0.25, 0.3) is 5.22 Å². The number of ether oxygens (including phenoxy) is 1. The van der Waals surface area contributed by atoms with Gasteiger partial charge in [-0.15, -0.1) is 10.2 Å². The van der Waals surface area contributed by atoms with E-state index in [1.165, 1.54) is 6.07 Å². The van der Waals surface area contributed by atoms with E-state index in [9.17, 15) is 18.0 Å². The van der Waals surface area contributed by atoms with Crippen molar-refractivity contribution in [2.24, 2.45) is 0 Å². The molecule has 0 fully saturated rings. The van der Waals surface area contributed by atoms with Crippen molar-refractivity contribution < 1.29 is 27.1 Å². The Bertz CT molecular complexity index is 1060. The summed E-state index contributed by atoms with van der Waals surface area (Å²) in [7, 11) is 1.58. The van der Waals surface area contributed by atoms with Crippen LogP contribution in [0.5, 0.6) is 5.75 Å². The van der Waals surface area contributed by atoms with Crippen molar-refractivity contribution in [1.29, 1.82) is 0 Å².